The van der Waals surface area contributed by atoms with Crippen molar-refractivity contribution in [2.24, 2.45) is 0 Å². The van der Waals surface area contributed by atoms with Gasteiger partial charge in [-0.1, -0.05) is 6.07 Å². The van der Waals surface area contributed by atoms with Crippen LogP contribution < -0.4 is 5.32 Å². The van der Waals surface area contributed by atoms with E-state index in [1.54, 1.807) is 17.2 Å². The van der Waals surface area contributed by atoms with Crippen LogP contribution in [0.1, 0.15) is 19.8 Å². The van der Waals surface area contributed by atoms with Gasteiger partial charge in [-0.3, -0.25) is 5.32 Å². The molecular formula is C15H21N3O3. The monoisotopic (exact) mass is 291 g/mol. The highest BCUT2D eigenvalue weighted by molar-refractivity contribution is 5.88. The second kappa shape index (κ2) is 5.99. The number of amides is 2. The summed E-state index contributed by atoms with van der Waals surface area (Å²) in [5, 5.41) is 2.83. The van der Waals surface area contributed by atoms with Crippen LogP contribution in [0.4, 0.5) is 10.6 Å². The fourth-order valence-electron chi connectivity index (χ4n) is 3.05. The first kappa shape index (κ1) is 14.3. The van der Waals surface area contributed by atoms with E-state index < -0.39 is 0 Å². The second-order valence-corrected chi connectivity index (χ2v) is 5.79. The van der Waals surface area contributed by atoms with Gasteiger partial charge in [-0.2, -0.15) is 0 Å². The highest BCUT2D eigenvalue weighted by atomic mass is 16.6. The minimum Gasteiger partial charge on any atom is -0.378 e. The summed E-state index contributed by atoms with van der Waals surface area (Å²) in [6.45, 7) is 4.48. The average Bonchev–Trinajstić information content (AvgIpc) is 2.48. The van der Waals surface area contributed by atoms with E-state index in [4.69, 9.17) is 9.47 Å². The largest absolute Gasteiger partial charge is 0.378 e. The second-order valence-electron chi connectivity index (χ2n) is 5.79. The maximum absolute atomic E-state index is 12.4. The molecule has 2 amide bonds. The minimum atomic E-state index is -0.350. The molecule has 1 N–H and O–H groups in total. The van der Waals surface area contributed by atoms with Gasteiger partial charge in [0.2, 0.25) is 0 Å². The van der Waals surface area contributed by atoms with Crippen LogP contribution in [0.15, 0.2) is 24.4 Å². The summed E-state index contributed by atoms with van der Waals surface area (Å²) in [5.41, 5.74) is -0.350. The number of rotatable bonds is 1. The van der Waals surface area contributed by atoms with E-state index >= 15 is 0 Å². The molecule has 6 heteroatoms. The van der Waals surface area contributed by atoms with E-state index in [9.17, 15) is 4.79 Å². The van der Waals surface area contributed by atoms with E-state index in [-0.39, 0.29) is 17.7 Å². The molecule has 1 aromatic rings. The quantitative estimate of drug-likeness (QED) is 0.858. The molecule has 2 aliphatic heterocycles. The number of anilines is 1. The normalized spacial score (nSPS) is 29.4. The smallest absolute Gasteiger partial charge is 0.323 e. The van der Waals surface area contributed by atoms with Gasteiger partial charge in [-0.05, 0) is 31.9 Å². The summed E-state index contributed by atoms with van der Waals surface area (Å²) >= 11 is 0. The Morgan fingerprint density at radius 1 is 1.52 bits per heavy atom. The van der Waals surface area contributed by atoms with E-state index in [0.717, 1.165) is 19.4 Å². The molecule has 2 unspecified atom stereocenters. The van der Waals surface area contributed by atoms with Crippen molar-refractivity contribution in [1.82, 2.24) is 9.88 Å². The summed E-state index contributed by atoms with van der Waals surface area (Å²) in [6, 6.07) is 5.32. The van der Waals surface area contributed by atoms with Crippen molar-refractivity contribution >= 4 is 11.8 Å². The number of nitrogens with one attached hydrogen (secondary N) is 1. The number of ether oxygens (including phenoxy) is 2. The zero-order chi connectivity index (χ0) is 14.7. The van der Waals surface area contributed by atoms with Gasteiger partial charge < -0.3 is 14.4 Å². The third kappa shape index (κ3) is 3.33. The van der Waals surface area contributed by atoms with Crippen molar-refractivity contribution in [2.45, 2.75) is 31.5 Å². The van der Waals surface area contributed by atoms with Gasteiger partial charge in [0.1, 0.15) is 11.4 Å². The Bertz CT molecular complexity index is 488. The SMILES string of the molecule is CC1CN(C(=O)Nc2ccccn2)CC2(CCCOC2)O1. The van der Waals surface area contributed by atoms with E-state index in [0.29, 0.717) is 25.5 Å². The standard InChI is InChI=1S/C15H21N3O3/c1-12-9-18(10-15(21-12)6-4-8-20-11-15)14(19)17-13-5-2-3-7-16-13/h2-3,5,7,12H,4,6,8-11H2,1H3,(H,16,17,19). The van der Waals surface area contributed by atoms with Crippen LogP contribution >= 0.6 is 0 Å². The van der Waals surface area contributed by atoms with Crippen molar-refractivity contribution in [3.63, 3.8) is 0 Å². The molecule has 2 fully saturated rings. The molecule has 3 rings (SSSR count). The number of carbonyl (C=O) groups excluding carboxylic acids is 1. The lowest BCUT2D eigenvalue weighted by Crippen LogP contribution is -2.60. The Hall–Kier alpha value is -1.66. The Morgan fingerprint density at radius 2 is 2.43 bits per heavy atom. The molecule has 6 nitrogen and oxygen atoms in total. The third-order valence-electron chi connectivity index (χ3n) is 3.88. The lowest BCUT2D eigenvalue weighted by atomic mass is 9.93. The molecule has 21 heavy (non-hydrogen) atoms. The van der Waals surface area contributed by atoms with Crippen LogP contribution in [-0.2, 0) is 9.47 Å². The van der Waals surface area contributed by atoms with E-state index in [2.05, 4.69) is 10.3 Å². The first-order valence-corrected chi connectivity index (χ1v) is 7.39. The summed E-state index contributed by atoms with van der Waals surface area (Å²) in [6.07, 6.45) is 3.58. The molecule has 3 heterocycles. The number of nitrogens with zero attached hydrogens (tertiary/aromatic N) is 2. The predicted octanol–water partition coefficient (Wildman–Crippen LogP) is 1.88. The van der Waals surface area contributed by atoms with Crippen molar-refractivity contribution < 1.29 is 14.3 Å². The minimum absolute atomic E-state index is 0.00920. The Morgan fingerprint density at radius 3 is 3.14 bits per heavy atom. The number of pyridine rings is 1. The van der Waals surface area contributed by atoms with Gasteiger partial charge in [0.05, 0.1) is 19.3 Å². The van der Waals surface area contributed by atoms with Crippen LogP contribution in [0.2, 0.25) is 0 Å². The summed E-state index contributed by atoms with van der Waals surface area (Å²) in [7, 11) is 0. The van der Waals surface area contributed by atoms with Crippen LogP contribution in [0.25, 0.3) is 0 Å². The van der Waals surface area contributed by atoms with Gasteiger partial charge in [0, 0.05) is 19.3 Å². The first-order valence-electron chi connectivity index (χ1n) is 7.39. The third-order valence-corrected chi connectivity index (χ3v) is 3.88. The van der Waals surface area contributed by atoms with Crippen LogP contribution in [0, 0.1) is 0 Å². The molecule has 0 bridgehead atoms. The molecule has 2 saturated heterocycles. The molecule has 0 aromatic carbocycles. The Kier molecular flexibility index (Phi) is 4.07. The number of hydrogen-bond acceptors (Lipinski definition) is 4. The molecule has 2 aliphatic rings. The molecule has 0 aliphatic carbocycles. The van der Waals surface area contributed by atoms with E-state index in [1.165, 1.54) is 0 Å². The fourth-order valence-corrected chi connectivity index (χ4v) is 3.05. The molecular weight excluding hydrogens is 270 g/mol. The number of urea groups is 1. The molecule has 1 spiro atoms. The number of aromatic nitrogens is 1. The van der Waals surface area contributed by atoms with Crippen molar-refractivity contribution in [3.05, 3.63) is 24.4 Å². The Balaban J connectivity index is 1.67. The van der Waals surface area contributed by atoms with Crippen LogP contribution in [0.3, 0.4) is 0 Å². The topological polar surface area (TPSA) is 63.7 Å². The Labute approximate surface area is 124 Å². The maximum atomic E-state index is 12.4. The number of hydrogen-bond donors (Lipinski definition) is 1. The summed E-state index contributed by atoms with van der Waals surface area (Å²) < 4.78 is 11.6. The average molecular weight is 291 g/mol. The van der Waals surface area contributed by atoms with Gasteiger partial charge in [0.25, 0.3) is 0 Å². The van der Waals surface area contributed by atoms with Crippen molar-refractivity contribution in [2.75, 3.05) is 31.6 Å². The lowest BCUT2D eigenvalue weighted by Gasteiger charge is -2.47. The zero-order valence-electron chi connectivity index (χ0n) is 12.2. The van der Waals surface area contributed by atoms with Gasteiger partial charge in [0.15, 0.2) is 0 Å². The first-order chi connectivity index (χ1) is 10.2. The molecule has 114 valence electrons. The van der Waals surface area contributed by atoms with Gasteiger partial charge >= 0.3 is 6.03 Å². The predicted molar refractivity (Wildman–Crippen MR) is 78.2 cm³/mol. The summed E-state index contributed by atoms with van der Waals surface area (Å²) in [4.78, 5) is 18.3. The van der Waals surface area contributed by atoms with Crippen LogP contribution in [0.5, 0.6) is 0 Å². The van der Waals surface area contributed by atoms with Crippen LogP contribution in [-0.4, -0.2) is 53.9 Å². The van der Waals surface area contributed by atoms with E-state index in [1.807, 2.05) is 19.1 Å². The maximum Gasteiger partial charge on any atom is 0.323 e. The fraction of sp³-hybridized carbons (Fsp3) is 0.600. The molecule has 0 saturated carbocycles. The van der Waals surface area contributed by atoms with Gasteiger partial charge in [-0.15, -0.1) is 0 Å². The van der Waals surface area contributed by atoms with Crippen molar-refractivity contribution in [1.29, 1.82) is 0 Å². The summed E-state index contributed by atoms with van der Waals surface area (Å²) in [5.74, 6) is 0.565. The molecule has 2 atom stereocenters. The number of carbonyl (C=O) groups is 1. The molecule has 0 radical (unpaired) electrons. The van der Waals surface area contributed by atoms with Gasteiger partial charge in [-0.25, -0.2) is 9.78 Å². The highest BCUT2D eigenvalue weighted by Crippen LogP contribution is 2.30. The zero-order valence-corrected chi connectivity index (χ0v) is 12.2. The lowest BCUT2D eigenvalue weighted by molar-refractivity contribution is -0.187. The molecule has 1 aromatic heterocycles. The van der Waals surface area contributed by atoms with Crippen molar-refractivity contribution in [3.8, 4) is 0 Å². The highest BCUT2D eigenvalue weighted by Gasteiger charge is 2.42. The number of morpholine rings is 1.